The number of benzene rings is 1. The summed E-state index contributed by atoms with van der Waals surface area (Å²) in [5.41, 5.74) is 9.36. The minimum Gasteiger partial charge on any atom is -0.506 e. The van der Waals surface area contributed by atoms with Crippen molar-refractivity contribution < 1.29 is 5.11 Å². The molecule has 0 atom stereocenters. The van der Waals surface area contributed by atoms with Crippen LogP contribution in [0.25, 0.3) is 0 Å². The molecule has 0 aliphatic heterocycles. The molecule has 100 valence electrons. The summed E-state index contributed by atoms with van der Waals surface area (Å²) in [5, 5.41) is 10.5. The number of aromatic hydroxyl groups is 1. The van der Waals surface area contributed by atoms with E-state index in [4.69, 9.17) is 5.73 Å². The molecule has 0 saturated heterocycles. The van der Waals surface area contributed by atoms with Gasteiger partial charge in [0.15, 0.2) is 0 Å². The molecule has 2 rings (SSSR count). The molecule has 2 nitrogen and oxygen atoms in total. The summed E-state index contributed by atoms with van der Waals surface area (Å²) >= 11 is 3.49. The predicted octanol–water partition coefficient (Wildman–Crippen LogP) is 3.93. The average Bonchev–Trinajstić information content (AvgIpc) is 2.37. The SMILES string of the molecule is Cc1cc(C)c(C2(CN)CCCCC2)c(O)c1Br. The summed E-state index contributed by atoms with van der Waals surface area (Å²) in [6, 6.07) is 2.14. The summed E-state index contributed by atoms with van der Waals surface area (Å²) in [6.07, 6.45) is 5.89. The van der Waals surface area contributed by atoms with E-state index in [-0.39, 0.29) is 5.41 Å². The summed E-state index contributed by atoms with van der Waals surface area (Å²) in [4.78, 5) is 0. The highest BCUT2D eigenvalue weighted by molar-refractivity contribution is 9.10. The Morgan fingerprint density at radius 2 is 1.83 bits per heavy atom. The van der Waals surface area contributed by atoms with Crippen LogP contribution in [-0.4, -0.2) is 11.7 Å². The quantitative estimate of drug-likeness (QED) is 0.869. The minimum atomic E-state index is -0.0252. The molecule has 0 aromatic heterocycles. The lowest BCUT2D eigenvalue weighted by atomic mass is 9.68. The van der Waals surface area contributed by atoms with Crippen molar-refractivity contribution in [2.24, 2.45) is 5.73 Å². The minimum absolute atomic E-state index is 0.0252. The van der Waals surface area contributed by atoms with E-state index in [0.29, 0.717) is 12.3 Å². The van der Waals surface area contributed by atoms with Crippen molar-refractivity contribution in [1.82, 2.24) is 0 Å². The summed E-state index contributed by atoms with van der Waals surface area (Å²) in [5.74, 6) is 0.403. The Balaban J connectivity index is 2.58. The normalized spacial score (nSPS) is 18.9. The second kappa shape index (κ2) is 5.22. The second-order valence-corrected chi connectivity index (χ2v) is 6.39. The van der Waals surface area contributed by atoms with E-state index in [1.165, 1.54) is 24.8 Å². The molecule has 1 aliphatic carbocycles. The Kier molecular flexibility index (Phi) is 4.02. The van der Waals surface area contributed by atoms with Crippen molar-refractivity contribution in [1.29, 1.82) is 0 Å². The fourth-order valence-corrected chi connectivity index (χ4v) is 3.71. The lowest BCUT2D eigenvalue weighted by Gasteiger charge is -2.38. The first-order valence-corrected chi connectivity index (χ1v) is 7.50. The van der Waals surface area contributed by atoms with Crippen molar-refractivity contribution >= 4 is 15.9 Å². The van der Waals surface area contributed by atoms with Crippen LogP contribution in [0, 0.1) is 13.8 Å². The van der Waals surface area contributed by atoms with Gasteiger partial charge in [-0.05, 0) is 53.7 Å². The molecule has 1 saturated carbocycles. The Morgan fingerprint density at radius 1 is 1.22 bits per heavy atom. The van der Waals surface area contributed by atoms with E-state index in [9.17, 15) is 5.11 Å². The number of phenolic OH excluding ortho intramolecular Hbond substituents is 1. The maximum Gasteiger partial charge on any atom is 0.134 e. The zero-order valence-corrected chi connectivity index (χ0v) is 12.8. The molecule has 0 spiro atoms. The molecule has 1 aromatic rings. The standard InChI is InChI=1S/C15H22BrNO/c1-10-8-11(2)13(16)14(18)12(10)15(9-17)6-4-3-5-7-15/h8,18H,3-7,9,17H2,1-2H3. The summed E-state index contributed by atoms with van der Waals surface area (Å²) in [7, 11) is 0. The molecular weight excluding hydrogens is 290 g/mol. The van der Waals surface area contributed by atoms with Crippen LogP contribution in [0.15, 0.2) is 10.5 Å². The molecule has 18 heavy (non-hydrogen) atoms. The van der Waals surface area contributed by atoms with Gasteiger partial charge in [0.05, 0.1) is 4.47 Å². The number of phenols is 1. The summed E-state index contributed by atoms with van der Waals surface area (Å²) < 4.78 is 0.821. The molecule has 1 aliphatic rings. The monoisotopic (exact) mass is 311 g/mol. The van der Waals surface area contributed by atoms with Crippen molar-refractivity contribution in [3.63, 3.8) is 0 Å². The van der Waals surface area contributed by atoms with Gasteiger partial charge in [-0.15, -0.1) is 0 Å². The first kappa shape index (κ1) is 13.9. The van der Waals surface area contributed by atoms with Gasteiger partial charge in [0, 0.05) is 17.5 Å². The van der Waals surface area contributed by atoms with Crippen molar-refractivity contribution in [2.75, 3.05) is 6.54 Å². The van der Waals surface area contributed by atoms with Gasteiger partial charge in [0.1, 0.15) is 5.75 Å². The average molecular weight is 312 g/mol. The van der Waals surface area contributed by atoms with Gasteiger partial charge in [-0.25, -0.2) is 0 Å². The van der Waals surface area contributed by atoms with Gasteiger partial charge in [0.2, 0.25) is 0 Å². The van der Waals surface area contributed by atoms with Gasteiger partial charge in [0.25, 0.3) is 0 Å². The number of rotatable bonds is 2. The van der Waals surface area contributed by atoms with E-state index < -0.39 is 0 Å². The number of nitrogens with two attached hydrogens (primary N) is 1. The topological polar surface area (TPSA) is 46.2 Å². The van der Waals surface area contributed by atoms with Gasteiger partial charge in [-0.3, -0.25) is 0 Å². The fourth-order valence-electron chi connectivity index (χ4n) is 3.40. The number of aryl methyl sites for hydroxylation is 2. The molecule has 1 fully saturated rings. The van der Waals surface area contributed by atoms with Crippen LogP contribution < -0.4 is 5.73 Å². The maximum atomic E-state index is 10.5. The van der Waals surface area contributed by atoms with Gasteiger partial charge < -0.3 is 10.8 Å². The highest BCUT2D eigenvalue weighted by Gasteiger charge is 2.36. The first-order chi connectivity index (χ1) is 8.52. The lowest BCUT2D eigenvalue weighted by Crippen LogP contribution is -2.38. The van der Waals surface area contributed by atoms with Crippen LogP contribution >= 0.6 is 15.9 Å². The zero-order valence-electron chi connectivity index (χ0n) is 11.2. The van der Waals surface area contributed by atoms with Crippen molar-refractivity contribution in [2.45, 2.75) is 51.4 Å². The lowest BCUT2D eigenvalue weighted by molar-refractivity contribution is 0.289. The molecule has 0 amide bonds. The third kappa shape index (κ3) is 2.19. The number of hydrogen-bond donors (Lipinski definition) is 2. The molecule has 0 radical (unpaired) electrons. The highest BCUT2D eigenvalue weighted by atomic mass is 79.9. The smallest absolute Gasteiger partial charge is 0.134 e. The third-order valence-corrected chi connectivity index (χ3v) is 5.35. The third-order valence-electron chi connectivity index (χ3n) is 4.35. The van der Waals surface area contributed by atoms with Gasteiger partial charge >= 0.3 is 0 Å². The van der Waals surface area contributed by atoms with Crippen LogP contribution in [0.2, 0.25) is 0 Å². The molecule has 3 N–H and O–H groups in total. The van der Waals surface area contributed by atoms with Gasteiger partial charge in [-0.1, -0.05) is 25.3 Å². The Hall–Kier alpha value is -0.540. The molecule has 0 unspecified atom stereocenters. The van der Waals surface area contributed by atoms with Crippen LogP contribution in [0.4, 0.5) is 0 Å². The van der Waals surface area contributed by atoms with E-state index in [0.717, 1.165) is 28.4 Å². The Labute approximate surface area is 118 Å². The maximum absolute atomic E-state index is 10.5. The highest BCUT2D eigenvalue weighted by Crippen LogP contribution is 2.46. The van der Waals surface area contributed by atoms with Crippen molar-refractivity contribution in [3.8, 4) is 5.75 Å². The fraction of sp³-hybridized carbons (Fsp3) is 0.600. The molecular formula is C15H22BrNO. The molecule has 0 heterocycles. The predicted molar refractivity (Wildman–Crippen MR) is 79.1 cm³/mol. The van der Waals surface area contributed by atoms with E-state index in [1.807, 2.05) is 6.92 Å². The number of halogens is 1. The van der Waals surface area contributed by atoms with Crippen LogP contribution in [-0.2, 0) is 5.41 Å². The van der Waals surface area contributed by atoms with Crippen LogP contribution in [0.3, 0.4) is 0 Å². The van der Waals surface area contributed by atoms with E-state index in [1.54, 1.807) is 0 Å². The second-order valence-electron chi connectivity index (χ2n) is 5.59. The number of hydrogen-bond acceptors (Lipinski definition) is 2. The van der Waals surface area contributed by atoms with Gasteiger partial charge in [-0.2, -0.15) is 0 Å². The van der Waals surface area contributed by atoms with Crippen LogP contribution in [0.1, 0.15) is 48.8 Å². The Bertz CT molecular complexity index is 450. The summed E-state index contributed by atoms with van der Waals surface area (Å²) in [6.45, 7) is 4.72. The Morgan fingerprint density at radius 3 is 2.39 bits per heavy atom. The van der Waals surface area contributed by atoms with Crippen LogP contribution in [0.5, 0.6) is 5.75 Å². The van der Waals surface area contributed by atoms with E-state index >= 15 is 0 Å². The first-order valence-electron chi connectivity index (χ1n) is 6.71. The molecule has 1 aromatic carbocycles. The molecule has 0 bridgehead atoms. The zero-order chi connectivity index (χ0) is 13.3. The van der Waals surface area contributed by atoms with E-state index in [2.05, 4.69) is 28.9 Å². The molecule has 3 heteroatoms. The largest absolute Gasteiger partial charge is 0.506 e. The van der Waals surface area contributed by atoms with Crippen molar-refractivity contribution in [3.05, 3.63) is 27.2 Å².